The first-order valence-corrected chi connectivity index (χ1v) is 11.7. The molecule has 0 radical (unpaired) electrons. The molecule has 4 atom stereocenters. The molecule has 2 bridgehead atoms. The minimum Gasteiger partial charge on any atom is -0.340 e. The van der Waals surface area contributed by atoms with Gasteiger partial charge in [-0.05, 0) is 51.0 Å². The maximum absolute atomic E-state index is 13.0. The summed E-state index contributed by atoms with van der Waals surface area (Å²) in [6.07, 6.45) is 3.35. The van der Waals surface area contributed by atoms with Crippen molar-refractivity contribution in [3.63, 3.8) is 0 Å². The maximum atomic E-state index is 13.0. The summed E-state index contributed by atoms with van der Waals surface area (Å²) in [4.78, 5) is 17.0. The molecule has 4 unspecified atom stereocenters. The van der Waals surface area contributed by atoms with E-state index in [1.54, 1.807) is 6.07 Å². The average Bonchev–Trinajstić information content (AvgIpc) is 3.29. The number of thiophene rings is 1. The van der Waals surface area contributed by atoms with Crippen LogP contribution in [0.5, 0.6) is 0 Å². The van der Waals surface area contributed by atoms with E-state index in [0.717, 1.165) is 29.0 Å². The molecule has 0 aromatic carbocycles. The Bertz CT molecular complexity index is 816. The Balaban J connectivity index is 0.00000210. The molecule has 2 heterocycles. The fraction of sp³-hybridized carbons (Fsp3) is 0.722. The van der Waals surface area contributed by atoms with Crippen LogP contribution in [0.1, 0.15) is 29.0 Å². The van der Waals surface area contributed by atoms with Gasteiger partial charge in [0.1, 0.15) is 0 Å². The zero-order valence-electron chi connectivity index (χ0n) is 15.8. The van der Waals surface area contributed by atoms with Gasteiger partial charge in [0.25, 0.3) is 0 Å². The number of amides is 1. The smallest absolute Gasteiger partial charge is 0.244 e. The number of aryl methyl sites for hydroxylation is 2. The molecule has 2 saturated carbocycles. The lowest BCUT2D eigenvalue weighted by atomic mass is 9.84. The number of halogens is 1. The summed E-state index contributed by atoms with van der Waals surface area (Å²) in [6, 6.07) is 1.74. The molecule has 3 fully saturated rings. The molecule has 1 saturated heterocycles. The summed E-state index contributed by atoms with van der Waals surface area (Å²) in [5.74, 6) is 1.02. The number of hydrogen-bond acceptors (Lipinski definition) is 5. The van der Waals surface area contributed by atoms with Gasteiger partial charge in [-0.2, -0.15) is 4.31 Å². The molecule has 27 heavy (non-hydrogen) atoms. The number of piperazine rings is 1. The van der Waals surface area contributed by atoms with Gasteiger partial charge in [0.05, 0.1) is 10.8 Å². The second-order valence-electron chi connectivity index (χ2n) is 7.94. The van der Waals surface area contributed by atoms with Crippen LogP contribution in [0, 0.1) is 31.6 Å². The van der Waals surface area contributed by atoms with Crippen molar-refractivity contribution in [2.75, 3.05) is 26.2 Å². The Morgan fingerprint density at radius 3 is 2.30 bits per heavy atom. The van der Waals surface area contributed by atoms with Gasteiger partial charge in [0.2, 0.25) is 15.9 Å². The molecular formula is C18H28ClN3O3S2. The highest BCUT2D eigenvalue weighted by atomic mass is 35.5. The van der Waals surface area contributed by atoms with Crippen LogP contribution >= 0.6 is 23.7 Å². The number of nitrogens with zero attached hydrogens (tertiary/aromatic N) is 2. The second-order valence-corrected chi connectivity index (χ2v) is 11.3. The minimum atomic E-state index is -3.48. The van der Waals surface area contributed by atoms with Crippen LogP contribution in [0.25, 0.3) is 0 Å². The Morgan fingerprint density at radius 2 is 1.78 bits per heavy atom. The zero-order valence-corrected chi connectivity index (χ0v) is 18.2. The highest BCUT2D eigenvalue weighted by Gasteiger charge is 2.50. The lowest BCUT2D eigenvalue weighted by Gasteiger charge is -2.38. The first-order valence-electron chi connectivity index (χ1n) is 9.40. The fourth-order valence-corrected chi connectivity index (χ4v) is 8.01. The molecule has 1 aliphatic heterocycles. The topological polar surface area (TPSA) is 83.7 Å². The predicted octanol–water partition coefficient (Wildman–Crippen LogP) is 1.99. The van der Waals surface area contributed by atoms with E-state index < -0.39 is 10.0 Å². The van der Waals surface area contributed by atoms with Gasteiger partial charge in [-0.25, -0.2) is 8.42 Å². The van der Waals surface area contributed by atoms with E-state index in [0.29, 0.717) is 42.9 Å². The number of fused-ring (bicyclic) bond motifs is 2. The number of hydrogen-bond donors (Lipinski definition) is 1. The normalized spacial score (nSPS) is 31.1. The third-order valence-electron chi connectivity index (χ3n) is 6.43. The van der Waals surface area contributed by atoms with Gasteiger partial charge in [0.15, 0.2) is 0 Å². The van der Waals surface area contributed by atoms with Crippen molar-refractivity contribution >= 4 is 39.7 Å². The second kappa shape index (κ2) is 7.63. The summed E-state index contributed by atoms with van der Waals surface area (Å²) in [6.45, 7) is 5.41. The van der Waals surface area contributed by atoms with Crippen LogP contribution in [0.15, 0.2) is 11.0 Å². The molecule has 4 rings (SSSR count). The Kier molecular flexibility index (Phi) is 5.95. The third kappa shape index (κ3) is 3.55. The molecule has 1 amide bonds. The number of nitrogens with two attached hydrogens (primary N) is 1. The highest BCUT2D eigenvalue weighted by Crippen LogP contribution is 2.48. The van der Waals surface area contributed by atoms with Crippen LogP contribution in [0.3, 0.4) is 0 Å². The van der Waals surface area contributed by atoms with Gasteiger partial charge in [-0.15, -0.1) is 23.7 Å². The van der Waals surface area contributed by atoms with Crippen molar-refractivity contribution in [1.29, 1.82) is 0 Å². The molecule has 3 aliphatic rings. The number of carbonyl (C=O) groups excluding carboxylic acids is 1. The van der Waals surface area contributed by atoms with Crippen molar-refractivity contribution in [3.8, 4) is 0 Å². The average molecular weight is 434 g/mol. The molecule has 2 N–H and O–H groups in total. The van der Waals surface area contributed by atoms with E-state index in [2.05, 4.69) is 0 Å². The SMILES string of the molecule is Cc1cc(S(=O)(=O)N2CCN(C(=O)C3C4CCC(C4)C3N)CC2)c(C)s1.Cl. The van der Waals surface area contributed by atoms with Crippen LogP contribution in [-0.2, 0) is 14.8 Å². The van der Waals surface area contributed by atoms with Crippen molar-refractivity contribution in [3.05, 3.63) is 15.8 Å². The highest BCUT2D eigenvalue weighted by molar-refractivity contribution is 7.89. The van der Waals surface area contributed by atoms with E-state index in [1.807, 2.05) is 18.7 Å². The van der Waals surface area contributed by atoms with E-state index in [-0.39, 0.29) is 30.3 Å². The third-order valence-corrected chi connectivity index (χ3v) is 9.55. The summed E-state index contributed by atoms with van der Waals surface area (Å²) >= 11 is 1.51. The summed E-state index contributed by atoms with van der Waals surface area (Å²) in [5.41, 5.74) is 6.31. The monoisotopic (exact) mass is 433 g/mol. The largest absolute Gasteiger partial charge is 0.340 e. The van der Waals surface area contributed by atoms with Crippen LogP contribution < -0.4 is 5.73 Å². The number of rotatable bonds is 3. The first kappa shape index (κ1) is 21.0. The van der Waals surface area contributed by atoms with Gasteiger partial charge < -0.3 is 10.6 Å². The molecule has 2 aliphatic carbocycles. The van der Waals surface area contributed by atoms with E-state index >= 15 is 0 Å². The van der Waals surface area contributed by atoms with E-state index in [9.17, 15) is 13.2 Å². The Hall–Kier alpha value is -0.670. The van der Waals surface area contributed by atoms with Gasteiger partial charge in [-0.3, -0.25) is 4.79 Å². The maximum Gasteiger partial charge on any atom is 0.244 e. The summed E-state index contributed by atoms with van der Waals surface area (Å²) < 4.78 is 27.4. The predicted molar refractivity (Wildman–Crippen MR) is 109 cm³/mol. The number of carbonyl (C=O) groups is 1. The van der Waals surface area contributed by atoms with Crippen LogP contribution in [0.2, 0.25) is 0 Å². The zero-order chi connectivity index (χ0) is 18.6. The number of sulfonamides is 1. The van der Waals surface area contributed by atoms with Gasteiger partial charge in [0, 0.05) is 42.0 Å². The van der Waals surface area contributed by atoms with Gasteiger partial charge in [-0.1, -0.05) is 0 Å². The molecule has 6 nitrogen and oxygen atoms in total. The van der Waals surface area contributed by atoms with Crippen LogP contribution in [0.4, 0.5) is 0 Å². The van der Waals surface area contributed by atoms with E-state index in [1.165, 1.54) is 15.6 Å². The summed E-state index contributed by atoms with van der Waals surface area (Å²) in [7, 11) is -3.48. The minimum absolute atomic E-state index is 0. The van der Waals surface area contributed by atoms with Crippen molar-refractivity contribution in [1.82, 2.24) is 9.21 Å². The van der Waals surface area contributed by atoms with E-state index in [4.69, 9.17) is 5.73 Å². The quantitative estimate of drug-likeness (QED) is 0.790. The van der Waals surface area contributed by atoms with Crippen molar-refractivity contribution in [2.24, 2.45) is 23.5 Å². The van der Waals surface area contributed by atoms with Crippen LogP contribution in [-0.4, -0.2) is 55.8 Å². The molecule has 0 spiro atoms. The fourth-order valence-electron chi connectivity index (χ4n) is 5.06. The standard InChI is InChI=1S/C18H27N3O3S2.ClH/c1-11-9-15(12(2)25-11)26(23,24)21-7-5-20(6-8-21)18(22)16-13-3-4-14(10-13)17(16)19;/h9,13-14,16-17H,3-8,10,19H2,1-2H3;1H. The molecular weight excluding hydrogens is 406 g/mol. The summed E-state index contributed by atoms with van der Waals surface area (Å²) in [5, 5.41) is 0. The molecule has 1 aromatic heterocycles. The Morgan fingerprint density at radius 1 is 1.15 bits per heavy atom. The Labute approximate surface area is 171 Å². The molecule has 1 aromatic rings. The molecule has 152 valence electrons. The lowest BCUT2D eigenvalue weighted by molar-refractivity contribution is -0.139. The first-order chi connectivity index (χ1) is 12.3. The molecule has 9 heteroatoms. The lowest BCUT2D eigenvalue weighted by Crippen LogP contribution is -2.54. The van der Waals surface area contributed by atoms with Gasteiger partial charge >= 0.3 is 0 Å². The van der Waals surface area contributed by atoms with Crippen molar-refractivity contribution < 1.29 is 13.2 Å². The van der Waals surface area contributed by atoms with Crippen molar-refractivity contribution in [2.45, 2.75) is 44.0 Å².